The molecule has 0 radical (unpaired) electrons. The van der Waals surface area contributed by atoms with Crippen molar-refractivity contribution >= 4 is 27.5 Å². The van der Waals surface area contributed by atoms with Crippen LogP contribution in [0, 0.1) is 0 Å². The zero-order valence-electron chi connectivity index (χ0n) is 15.6. The van der Waals surface area contributed by atoms with Gasteiger partial charge in [0.05, 0.1) is 4.90 Å². The lowest BCUT2D eigenvalue weighted by Gasteiger charge is -2.22. The maximum atomic E-state index is 11.3. The van der Waals surface area contributed by atoms with Crippen LogP contribution in [0.4, 0.5) is 17.5 Å². The van der Waals surface area contributed by atoms with Crippen molar-refractivity contribution in [3.63, 3.8) is 0 Å². The molecule has 8 heteroatoms. The molecule has 0 saturated heterocycles. The highest BCUT2D eigenvalue weighted by atomic mass is 32.2. The number of anilines is 3. The van der Waals surface area contributed by atoms with Crippen LogP contribution >= 0.6 is 0 Å². The summed E-state index contributed by atoms with van der Waals surface area (Å²) in [5.41, 5.74) is 2.07. The average Bonchev–Trinajstić information content (AvgIpc) is 2.70. The van der Waals surface area contributed by atoms with Gasteiger partial charge in [-0.1, -0.05) is 30.3 Å². The fraction of sp³-hybridized carbons (Fsp3) is 0.200. The Morgan fingerprint density at radius 2 is 1.75 bits per heavy atom. The highest BCUT2D eigenvalue weighted by Gasteiger charge is 2.10. The molecule has 3 aromatic rings. The first-order valence-corrected chi connectivity index (χ1v) is 10.5. The van der Waals surface area contributed by atoms with E-state index in [2.05, 4.69) is 27.1 Å². The van der Waals surface area contributed by atoms with E-state index in [0.29, 0.717) is 18.9 Å². The summed E-state index contributed by atoms with van der Waals surface area (Å²) in [6.45, 7) is 3.49. The summed E-state index contributed by atoms with van der Waals surface area (Å²) in [5.74, 6) is 1.37. The maximum Gasteiger partial charge on any atom is 0.238 e. The van der Waals surface area contributed by atoms with Crippen LogP contribution in [0.3, 0.4) is 0 Å². The van der Waals surface area contributed by atoms with E-state index >= 15 is 0 Å². The minimum atomic E-state index is -3.66. The lowest BCUT2D eigenvalue weighted by molar-refractivity contribution is 0.598. The second-order valence-corrected chi connectivity index (χ2v) is 7.75. The van der Waals surface area contributed by atoms with Crippen LogP contribution in [0.15, 0.2) is 71.8 Å². The number of rotatable bonds is 8. The molecule has 3 N–H and O–H groups in total. The summed E-state index contributed by atoms with van der Waals surface area (Å²) in [4.78, 5) is 11.1. The third-order valence-electron chi connectivity index (χ3n) is 4.25. The summed E-state index contributed by atoms with van der Waals surface area (Å²) in [6, 6.07) is 18.5. The van der Waals surface area contributed by atoms with Crippen LogP contribution in [0.5, 0.6) is 0 Å². The number of para-hydroxylation sites is 1. The Hall–Kier alpha value is -2.97. The number of nitrogens with one attached hydrogen (secondary N) is 1. The van der Waals surface area contributed by atoms with Gasteiger partial charge in [-0.15, -0.1) is 0 Å². The quantitative estimate of drug-likeness (QED) is 0.606. The van der Waals surface area contributed by atoms with Gasteiger partial charge in [0.2, 0.25) is 16.0 Å². The van der Waals surface area contributed by atoms with Crippen molar-refractivity contribution in [2.75, 3.05) is 23.3 Å². The van der Waals surface area contributed by atoms with Gasteiger partial charge in [0.15, 0.2) is 0 Å². The average molecular weight is 398 g/mol. The molecule has 28 heavy (non-hydrogen) atoms. The van der Waals surface area contributed by atoms with Crippen LogP contribution < -0.4 is 15.4 Å². The van der Waals surface area contributed by atoms with Crippen molar-refractivity contribution < 1.29 is 8.42 Å². The molecule has 3 rings (SSSR count). The molecule has 1 aromatic heterocycles. The van der Waals surface area contributed by atoms with Crippen LogP contribution in [0.25, 0.3) is 0 Å². The Morgan fingerprint density at radius 3 is 2.39 bits per heavy atom. The Morgan fingerprint density at radius 1 is 1.04 bits per heavy atom. The van der Waals surface area contributed by atoms with Gasteiger partial charge in [-0.05, 0) is 49.2 Å². The predicted molar refractivity (Wildman–Crippen MR) is 111 cm³/mol. The van der Waals surface area contributed by atoms with Crippen molar-refractivity contribution in [2.24, 2.45) is 5.14 Å². The number of sulfonamides is 1. The van der Waals surface area contributed by atoms with Gasteiger partial charge in [-0.25, -0.2) is 18.5 Å². The van der Waals surface area contributed by atoms with E-state index in [1.807, 2.05) is 36.4 Å². The van der Waals surface area contributed by atoms with E-state index in [1.54, 1.807) is 18.3 Å². The van der Waals surface area contributed by atoms with Crippen LogP contribution in [-0.2, 0) is 16.4 Å². The second kappa shape index (κ2) is 8.81. The van der Waals surface area contributed by atoms with E-state index in [0.717, 1.165) is 23.6 Å². The fourth-order valence-corrected chi connectivity index (χ4v) is 3.35. The summed E-state index contributed by atoms with van der Waals surface area (Å²) < 4.78 is 22.6. The smallest absolute Gasteiger partial charge is 0.238 e. The second-order valence-electron chi connectivity index (χ2n) is 6.18. The highest BCUT2D eigenvalue weighted by Crippen LogP contribution is 2.23. The Kier molecular flexibility index (Phi) is 6.23. The molecule has 0 aliphatic carbocycles. The molecule has 146 valence electrons. The molecule has 2 aromatic carbocycles. The fourth-order valence-electron chi connectivity index (χ4n) is 2.83. The number of hydrogen-bond donors (Lipinski definition) is 2. The Bertz CT molecular complexity index is 1010. The van der Waals surface area contributed by atoms with E-state index in [-0.39, 0.29) is 4.90 Å². The SMILES string of the molecule is CCN(c1ccccc1)c1ccnc(NCCc2ccc(S(N)(=O)=O)cc2)n1. The monoisotopic (exact) mass is 397 g/mol. The largest absolute Gasteiger partial charge is 0.354 e. The maximum absolute atomic E-state index is 11.3. The number of nitrogens with two attached hydrogens (primary N) is 1. The van der Waals surface area contributed by atoms with Crippen LogP contribution in [-0.4, -0.2) is 31.5 Å². The summed E-state index contributed by atoms with van der Waals surface area (Å²) >= 11 is 0. The lowest BCUT2D eigenvalue weighted by atomic mass is 10.1. The molecule has 0 atom stereocenters. The molecule has 0 aliphatic heterocycles. The topological polar surface area (TPSA) is 101 Å². The first-order chi connectivity index (χ1) is 13.5. The summed E-state index contributed by atoms with van der Waals surface area (Å²) in [7, 11) is -3.66. The van der Waals surface area contributed by atoms with Crippen molar-refractivity contribution in [1.82, 2.24) is 9.97 Å². The van der Waals surface area contributed by atoms with Gasteiger partial charge in [-0.2, -0.15) is 4.98 Å². The van der Waals surface area contributed by atoms with Gasteiger partial charge in [0.25, 0.3) is 0 Å². The Labute approximate surface area is 165 Å². The van der Waals surface area contributed by atoms with E-state index in [1.165, 1.54) is 12.1 Å². The van der Waals surface area contributed by atoms with Gasteiger partial charge in [-0.3, -0.25) is 0 Å². The van der Waals surface area contributed by atoms with Gasteiger partial charge in [0, 0.05) is 25.0 Å². The predicted octanol–water partition coefficient (Wildman–Crippen LogP) is 2.94. The molecular formula is C20H23N5O2S. The third kappa shape index (κ3) is 5.05. The lowest BCUT2D eigenvalue weighted by Crippen LogP contribution is -2.18. The first-order valence-electron chi connectivity index (χ1n) is 8.98. The molecule has 0 aliphatic rings. The molecule has 0 bridgehead atoms. The molecule has 0 fully saturated rings. The Balaban J connectivity index is 1.63. The number of primary sulfonamides is 1. The first kappa shape index (κ1) is 19.8. The standard InChI is InChI=1S/C20H23N5O2S/c1-2-25(17-6-4-3-5-7-17)19-13-15-23-20(24-19)22-14-12-16-8-10-18(11-9-16)28(21,26)27/h3-11,13,15H,2,12,14H2,1H3,(H2,21,26,27)(H,22,23,24). The number of aromatic nitrogens is 2. The van der Waals surface area contributed by atoms with Crippen LogP contribution in [0.1, 0.15) is 12.5 Å². The highest BCUT2D eigenvalue weighted by molar-refractivity contribution is 7.89. The third-order valence-corrected chi connectivity index (χ3v) is 5.18. The van der Waals surface area contributed by atoms with Crippen molar-refractivity contribution in [2.45, 2.75) is 18.2 Å². The number of benzene rings is 2. The number of nitrogens with zero attached hydrogens (tertiary/aromatic N) is 3. The van der Waals surface area contributed by atoms with E-state index < -0.39 is 10.0 Å². The van der Waals surface area contributed by atoms with Crippen molar-refractivity contribution in [3.05, 3.63) is 72.4 Å². The molecule has 7 nitrogen and oxygen atoms in total. The molecule has 0 amide bonds. The summed E-state index contributed by atoms with van der Waals surface area (Å²) in [6.07, 6.45) is 2.44. The van der Waals surface area contributed by atoms with E-state index in [4.69, 9.17) is 5.14 Å². The molecular weight excluding hydrogens is 374 g/mol. The van der Waals surface area contributed by atoms with Gasteiger partial charge in [0.1, 0.15) is 5.82 Å². The normalized spacial score (nSPS) is 11.2. The van der Waals surface area contributed by atoms with E-state index in [9.17, 15) is 8.42 Å². The molecule has 1 heterocycles. The zero-order valence-corrected chi connectivity index (χ0v) is 16.4. The molecule has 0 unspecified atom stereocenters. The molecule has 0 spiro atoms. The summed E-state index contributed by atoms with van der Waals surface area (Å²) in [5, 5.41) is 8.33. The minimum Gasteiger partial charge on any atom is -0.354 e. The molecule has 0 saturated carbocycles. The minimum absolute atomic E-state index is 0.112. The van der Waals surface area contributed by atoms with Gasteiger partial charge < -0.3 is 10.2 Å². The van der Waals surface area contributed by atoms with Gasteiger partial charge >= 0.3 is 0 Å². The number of hydrogen-bond acceptors (Lipinski definition) is 6. The van der Waals surface area contributed by atoms with Crippen molar-refractivity contribution in [1.29, 1.82) is 0 Å². The van der Waals surface area contributed by atoms with Crippen molar-refractivity contribution in [3.8, 4) is 0 Å². The van der Waals surface area contributed by atoms with Crippen LogP contribution in [0.2, 0.25) is 0 Å². The zero-order chi connectivity index (χ0) is 20.0.